The number of benzene rings is 2. The first kappa shape index (κ1) is 19.5. The van der Waals surface area contributed by atoms with E-state index in [-0.39, 0.29) is 17.9 Å². The molecule has 1 unspecified atom stereocenters. The van der Waals surface area contributed by atoms with Gasteiger partial charge in [-0.05, 0) is 17.7 Å². The van der Waals surface area contributed by atoms with E-state index in [1.54, 1.807) is 24.3 Å². The van der Waals surface area contributed by atoms with Gasteiger partial charge in [0.15, 0.2) is 5.82 Å². The smallest absolute Gasteiger partial charge is 0.412 e. The van der Waals surface area contributed by atoms with E-state index in [1.807, 2.05) is 6.07 Å². The summed E-state index contributed by atoms with van der Waals surface area (Å²) < 4.78 is 34.4. The van der Waals surface area contributed by atoms with Crippen molar-refractivity contribution in [3.63, 3.8) is 0 Å². The second kappa shape index (κ2) is 8.26. The molecule has 0 spiro atoms. The molecule has 9 heteroatoms. The number of hydrogen-bond acceptors (Lipinski definition) is 5. The summed E-state index contributed by atoms with van der Waals surface area (Å²) in [4.78, 5) is 22.7. The van der Waals surface area contributed by atoms with Crippen LogP contribution in [-0.2, 0) is 11.3 Å². The average Bonchev–Trinajstić information content (AvgIpc) is 3.19. The number of anilines is 1. The lowest BCUT2D eigenvalue weighted by atomic mass is 10.00. The number of amides is 1. The number of carbonyl (C=O) groups is 1. The first-order valence-corrected chi connectivity index (χ1v) is 8.95. The number of H-pyrrole nitrogens is 1. The minimum atomic E-state index is -1.65. The lowest BCUT2D eigenvalue weighted by Crippen LogP contribution is -2.16. The molecule has 2 aromatic carbocycles. The van der Waals surface area contributed by atoms with Gasteiger partial charge in [0.2, 0.25) is 0 Å². The highest BCUT2D eigenvalue weighted by molar-refractivity contribution is 5.85. The zero-order valence-electron chi connectivity index (χ0n) is 15.5. The second-order valence-corrected chi connectivity index (χ2v) is 6.44. The Morgan fingerprint density at radius 2 is 2.00 bits per heavy atom. The Morgan fingerprint density at radius 3 is 2.80 bits per heavy atom. The Hall–Kier alpha value is -3.85. The Labute approximate surface area is 169 Å². The molecule has 30 heavy (non-hydrogen) atoms. The quantitative estimate of drug-likeness (QED) is 0.461. The average molecular weight is 410 g/mol. The fraction of sp³-hybridized carbons (Fsp3) is 0.0952. The van der Waals surface area contributed by atoms with E-state index in [4.69, 9.17) is 4.74 Å². The first-order valence-electron chi connectivity index (χ1n) is 8.95. The molecule has 4 rings (SSSR count). The van der Waals surface area contributed by atoms with Crippen molar-refractivity contribution in [2.75, 3.05) is 5.32 Å². The van der Waals surface area contributed by atoms with Crippen molar-refractivity contribution in [3.8, 4) is 0 Å². The third-order valence-electron chi connectivity index (χ3n) is 4.53. The fourth-order valence-corrected chi connectivity index (χ4v) is 3.05. The molecular formula is C21H16F2N4O3. The zero-order valence-corrected chi connectivity index (χ0v) is 15.5. The number of carbonyl (C=O) groups excluding carboxylic acids is 1. The number of nitrogens with one attached hydrogen (secondary N) is 2. The van der Waals surface area contributed by atoms with Gasteiger partial charge in [-0.15, -0.1) is 0 Å². The predicted molar refractivity (Wildman–Crippen MR) is 105 cm³/mol. The van der Waals surface area contributed by atoms with Crippen LogP contribution < -0.4 is 5.32 Å². The molecule has 0 aliphatic heterocycles. The highest BCUT2D eigenvalue weighted by Crippen LogP contribution is 2.33. The van der Waals surface area contributed by atoms with E-state index >= 15 is 0 Å². The van der Waals surface area contributed by atoms with E-state index in [2.05, 4.69) is 20.3 Å². The molecule has 2 aromatic heterocycles. The van der Waals surface area contributed by atoms with Crippen molar-refractivity contribution >= 4 is 22.8 Å². The van der Waals surface area contributed by atoms with Crippen LogP contribution in [0.4, 0.5) is 19.3 Å². The second-order valence-electron chi connectivity index (χ2n) is 6.44. The molecule has 0 aliphatic rings. The number of fused-ring (bicyclic) bond motifs is 1. The van der Waals surface area contributed by atoms with Crippen LogP contribution in [0, 0.1) is 11.6 Å². The monoisotopic (exact) mass is 410 g/mol. The maximum absolute atomic E-state index is 15.0. The molecule has 0 saturated heterocycles. The number of rotatable bonds is 5. The summed E-state index contributed by atoms with van der Waals surface area (Å²) in [7, 11) is 0. The summed E-state index contributed by atoms with van der Waals surface area (Å²) in [5.41, 5.74) is 0.441. The van der Waals surface area contributed by atoms with Crippen LogP contribution in [0.15, 0.2) is 61.2 Å². The normalized spacial score (nSPS) is 12.0. The summed E-state index contributed by atoms with van der Waals surface area (Å²) >= 11 is 0. The Morgan fingerprint density at radius 1 is 1.20 bits per heavy atom. The van der Waals surface area contributed by atoms with E-state index in [1.165, 1.54) is 18.7 Å². The van der Waals surface area contributed by atoms with E-state index in [0.29, 0.717) is 11.0 Å². The third kappa shape index (κ3) is 3.83. The van der Waals surface area contributed by atoms with Crippen LogP contribution in [0.3, 0.4) is 0 Å². The minimum Gasteiger partial charge on any atom is -0.444 e. The van der Waals surface area contributed by atoms with Crippen LogP contribution in [0.1, 0.15) is 22.8 Å². The van der Waals surface area contributed by atoms with Gasteiger partial charge >= 0.3 is 6.09 Å². The molecule has 0 saturated carbocycles. The van der Waals surface area contributed by atoms with Crippen molar-refractivity contribution in [2.45, 2.75) is 12.7 Å². The van der Waals surface area contributed by atoms with Crippen molar-refractivity contribution in [1.82, 2.24) is 15.0 Å². The molecule has 152 valence electrons. The third-order valence-corrected chi connectivity index (χ3v) is 4.53. The van der Waals surface area contributed by atoms with Gasteiger partial charge in [-0.2, -0.15) is 0 Å². The summed E-state index contributed by atoms with van der Waals surface area (Å²) in [6.07, 6.45) is 1.58. The van der Waals surface area contributed by atoms with Gasteiger partial charge in [0, 0.05) is 23.3 Å². The Kier molecular flexibility index (Phi) is 5.36. The largest absolute Gasteiger partial charge is 0.444 e. The van der Waals surface area contributed by atoms with Crippen molar-refractivity contribution in [1.29, 1.82) is 0 Å². The standard InChI is InChI=1S/C21H16F2N4O3/c22-15-6-7-16(27-21(29)30-10-12-4-2-1-3-5-12)18(23)17(15)19(28)13-9-25-20-14(13)8-24-11-26-20/h1-9,11,19,28H,10H2,(H,27,29)(H,24,25,26). The highest BCUT2D eigenvalue weighted by atomic mass is 19.1. The molecule has 3 N–H and O–H groups in total. The number of ether oxygens (including phenoxy) is 1. The van der Waals surface area contributed by atoms with Crippen LogP contribution in [0.5, 0.6) is 0 Å². The van der Waals surface area contributed by atoms with Crippen LogP contribution in [0.2, 0.25) is 0 Å². The Bertz CT molecular complexity index is 1200. The number of aromatic amines is 1. The van der Waals surface area contributed by atoms with Crippen LogP contribution in [-0.4, -0.2) is 26.2 Å². The molecular weight excluding hydrogens is 394 g/mol. The summed E-state index contributed by atoms with van der Waals surface area (Å²) in [6, 6.07) is 11.0. The molecule has 1 amide bonds. The molecule has 1 atom stereocenters. The number of hydrogen-bond donors (Lipinski definition) is 3. The number of halogens is 2. The molecule has 2 heterocycles. The lowest BCUT2D eigenvalue weighted by Gasteiger charge is -2.15. The summed E-state index contributed by atoms with van der Waals surface area (Å²) in [5.74, 6) is -2.07. The van der Waals surface area contributed by atoms with Gasteiger partial charge in [-0.3, -0.25) is 5.32 Å². The van der Waals surface area contributed by atoms with Gasteiger partial charge in [0.1, 0.15) is 30.5 Å². The van der Waals surface area contributed by atoms with Crippen molar-refractivity contribution < 1.29 is 23.4 Å². The van der Waals surface area contributed by atoms with Gasteiger partial charge in [0.25, 0.3) is 0 Å². The maximum Gasteiger partial charge on any atom is 0.412 e. The van der Waals surface area contributed by atoms with Crippen LogP contribution in [0.25, 0.3) is 11.0 Å². The fourth-order valence-electron chi connectivity index (χ4n) is 3.05. The number of aliphatic hydroxyl groups excluding tert-OH is 1. The van der Waals surface area contributed by atoms with E-state index in [9.17, 15) is 18.7 Å². The van der Waals surface area contributed by atoms with Gasteiger partial charge < -0.3 is 14.8 Å². The molecule has 0 fully saturated rings. The van der Waals surface area contributed by atoms with Crippen molar-refractivity contribution in [2.24, 2.45) is 0 Å². The number of aromatic nitrogens is 3. The van der Waals surface area contributed by atoms with E-state index in [0.717, 1.165) is 17.7 Å². The number of aliphatic hydroxyl groups is 1. The first-order chi connectivity index (χ1) is 14.5. The number of nitrogens with zero attached hydrogens (tertiary/aromatic N) is 2. The van der Waals surface area contributed by atoms with Gasteiger partial charge in [-0.25, -0.2) is 23.5 Å². The zero-order chi connectivity index (χ0) is 21.1. The molecule has 7 nitrogen and oxygen atoms in total. The summed E-state index contributed by atoms with van der Waals surface area (Å²) in [6.45, 7) is -0.0136. The molecule has 0 aliphatic carbocycles. The topological polar surface area (TPSA) is 100 Å². The Balaban J connectivity index is 1.56. The minimum absolute atomic E-state index is 0.0136. The predicted octanol–water partition coefficient (Wildman–Crippen LogP) is 4.07. The summed E-state index contributed by atoms with van der Waals surface area (Å²) in [5, 5.41) is 13.3. The lowest BCUT2D eigenvalue weighted by molar-refractivity contribution is 0.155. The van der Waals surface area contributed by atoms with Crippen molar-refractivity contribution in [3.05, 3.63) is 89.5 Å². The van der Waals surface area contributed by atoms with Gasteiger partial charge in [0.05, 0.1) is 11.3 Å². The SMILES string of the molecule is O=C(Nc1ccc(F)c(C(O)c2c[nH]c3ncncc23)c1F)OCc1ccccc1. The molecule has 0 bridgehead atoms. The van der Waals surface area contributed by atoms with E-state index < -0.39 is 29.4 Å². The van der Waals surface area contributed by atoms with Crippen LogP contribution >= 0.6 is 0 Å². The molecule has 0 radical (unpaired) electrons. The van der Waals surface area contributed by atoms with Gasteiger partial charge in [-0.1, -0.05) is 30.3 Å². The maximum atomic E-state index is 15.0. The highest BCUT2D eigenvalue weighted by Gasteiger charge is 2.25. The molecule has 4 aromatic rings.